The molecule has 0 spiro atoms. The molecule has 5 heteroatoms. The molecule has 1 saturated carbocycles. The van der Waals surface area contributed by atoms with Gasteiger partial charge in [0.1, 0.15) is 0 Å². The van der Waals surface area contributed by atoms with Gasteiger partial charge < -0.3 is 4.57 Å². The van der Waals surface area contributed by atoms with Crippen molar-refractivity contribution in [1.82, 2.24) is 19.2 Å². The Morgan fingerprint density at radius 3 is 2.66 bits per heavy atom. The molecule has 0 aliphatic heterocycles. The predicted molar refractivity (Wildman–Crippen MR) is 116 cm³/mol. The number of aryl methyl sites for hydroxylation is 1. The Kier molecular flexibility index (Phi) is 4.46. The molecule has 0 radical (unpaired) electrons. The second-order valence-corrected chi connectivity index (χ2v) is 8.19. The van der Waals surface area contributed by atoms with Crippen LogP contribution in [0.5, 0.6) is 0 Å². The van der Waals surface area contributed by atoms with Crippen molar-refractivity contribution in [3.8, 4) is 11.1 Å². The Bertz CT molecular complexity index is 1240. The molecule has 1 aliphatic rings. The van der Waals surface area contributed by atoms with E-state index in [4.69, 9.17) is 10.1 Å². The Morgan fingerprint density at radius 1 is 1.10 bits per heavy atom. The van der Waals surface area contributed by atoms with Crippen LogP contribution in [-0.4, -0.2) is 19.2 Å². The highest BCUT2D eigenvalue weighted by Crippen LogP contribution is 2.33. The summed E-state index contributed by atoms with van der Waals surface area (Å²) in [7, 11) is 0. The first-order chi connectivity index (χ1) is 14.2. The minimum atomic E-state index is 0.0467. The lowest BCUT2D eigenvalue weighted by Crippen LogP contribution is -2.30. The van der Waals surface area contributed by atoms with E-state index in [1.54, 1.807) is 6.20 Å². The highest BCUT2D eigenvalue weighted by molar-refractivity contribution is 5.86. The van der Waals surface area contributed by atoms with Crippen molar-refractivity contribution in [3.63, 3.8) is 0 Å². The summed E-state index contributed by atoms with van der Waals surface area (Å²) in [6.07, 6.45) is 9.23. The fourth-order valence-corrected chi connectivity index (χ4v) is 4.85. The first-order valence-corrected chi connectivity index (χ1v) is 10.7. The highest BCUT2D eigenvalue weighted by atomic mass is 16.1. The topological polar surface area (TPSA) is 52.2 Å². The van der Waals surface area contributed by atoms with Crippen LogP contribution in [0.4, 0.5) is 0 Å². The summed E-state index contributed by atoms with van der Waals surface area (Å²) in [6.45, 7) is 4.36. The maximum Gasteiger partial charge on any atom is 0.261 e. The second kappa shape index (κ2) is 7.14. The van der Waals surface area contributed by atoms with Crippen LogP contribution in [0.15, 0.2) is 53.6 Å². The number of hydrogen-bond donors (Lipinski definition) is 0. The van der Waals surface area contributed by atoms with Crippen LogP contribution in [0.2, 0.25) is 0 Å². The third-order valence-electron chi connectivity index (χ3n) is 6.43. The van der Waals surface area contributed by atoms with Crippen LogP contribution in [0.25, 0.3) is 27.7 Å². The van der Waals surface area contributed by atoms with Crippen molar-refractivity contribution >= 4 is 16.6 Å². The zero-order chi connectivity index (χ0) is 20.0. The van der Waals surface area contributed by atoms with E-state index in [0.717, 1.165) is 40.8 Å². The van der Waals surface area contributed by atoms with Gasteiger partial charge in [-0.05, 0) is 36.8 Å². The third-order valence-corrected chi connectivity index (χ3v) is 6.43. The molecular weight excluding hydrogens is 360 g/mol. The van der Waals surface area contributed by atoms with Gasteiger partial charge in [-0.1, -0.05) is 57.0 Å². The van der Waals surface area contributed by atoms with Gasteiger partial charge in [-0.3, -0.25) is 4.79 Å². The monoisotopic (exact) mass is 386 g/mol. The van der Waals surface area contributed by atoms with Crippen molar-refractivity contribution in [2.45, 2.75) is 52.0 Å². The normalized spacial score (nSPS) is 19.8. The summed E-state index contributed by atoms with van der Waals surface area (Å²) in [5.41, 5.74) is 4.85. The van der Waals surface area contributed by atoms with Crippen molar-refractivity contribution in [2.24, 2.45) is 5.92 Å². The van der Waals surface area contributed by atoms with Gasteiger partial charge in [-0.25, -0.2) is 9.50 Å². The van der Waals surface area contributed by atoms with Crippen LogP contribution in [0.1, 0.15) is 51.3 Å². The molecule has 3 aromatic heterocycles. The Labute approximate surface area is 170 Å². The summed E-state index contributed by atoms with van der Waals surface area (Å²) in [5, 5.41) is 5.48. The summed E-state index contributed by atoms with van der Waals surface area (Å²) < 4.78 is 3.79. The van der Waals surface area contributed by atoms with E-state index >= 15 is 0 Å². The average Bonchev–Trinajstić information content (AvgIpc) is 3.14. The number of fused-ring (bicyclic) bond motifs is 3. The molecule has 4 aromatic rings. The first kappa shape index (κ1) is 18.1. The molecule has 29 heavy (non-hydrogen) atoms. The minimum Gasteiger partial charge on any atom is -0.312 e. The van der Waals surface area contributed by atoms with Gasteiger partial charge in [-0.15, -0.1) is 0 Å². The summed E-state index contributed by atoms with van der Waals surface area (Å²) in [4.78, 5) is 18.0. The van der Waals surface area contributed by atoms with E-state index in [1.165, 1.54) is 19.3 Å². The van der Waals surface area contributed by atoms with Gasteiger partial charge in [0.05, 0.1) is 16.6 Å². The Morgan fingerprint density at radius 2 is 1.90 bits per heavy atom. The van der Waals surface area contributed by atoms with Gasteiger partial charge in [0.25, 0.3) is 5.56 Å². The molecule has 2 atom stereocenters. The molecule has 0 amide bonds. The van der Waals surface area contributed by atoms with Crippen LogP contribution in [0.3, 0.4) is 0 Å². The number of benzene rings is 1. The average molecular weight is 386 g/mol. The molecule has 0 N–H and O–H groups in total. The summed E-state index contributed by atoms with van der Waals surface area (Å²) in [5.74, 6) is 0.525. The number of aromatic nitrogens is 4. The second-order valence-electron chi connectivity index (χ2n) is 8.19. The molecule has 0 unspecified atom stereocenters. The van der Waals surface area contributed by atoms with Crippen LogP contribution in [-0.2, 0) is 6.42 Å². The highest BCUT2D eigenvalue weighted by Gasteiger charge is 2.25. The first-order valence-electron chi connectivity index (χ1n) is 10.7. The standard InChI is InChI=1S/C24H26N4O/c1-3-19-22(17-10-5-4-6-11-17)23-25-15-18-21(28(23)26-19)13-14-27(24(18)29)20-12-8-7-9-16(20)2/h4-6,10-11,13-16,20H,3,7-9,12H2,1-2H3/t16-,20-/m1/s1. The van der Waals surface area contributed by atoms with E-state index in [9.17, 15) is 4.79 Å². The maximum atomic E-state index is 13.3. The third kappa shape index (κ3) is 2.87. The minimum absolute atomic E-state index is 0.0467. The Balaban J connectivity index is 1.73. The molecule has 0 bridgehead atoms. The van der Waals surface area contributed by atoms with Crippen LogP contribution in [0, 0.1) is 5.92 Å². The lowest BCUT2D eigenvalue weighted by molar-refractivity contribution is 0.253. The number of nitrogens with zero attached hydrogens (tertiary/aromatic N) is 4. The fourth-order valence-electron chi connectivity index (χ4n) is 4.85. The molecule has 1 fully saturated rings. The lowest BCUT2D eigenvalue weighted by Gasteiger charge is -2.30. The van der Waals surface area contributed by atoms with E-state index in [-0.39, 0.29) is 11.6 Å². The molecule has 0 saturated heterocycles. The van der Waals surface area contributed by atoms with E-state index in [1.807, 2.05) is 39.5 Å². The van der Waals surface area contributed by atoms with Gasteiger partial charge in [0.15, 0.2) is 5.65 Å². The van der Waals surface area contributed by atoms with E-state index in [2.05, 4.69) is 26.0 Å². The van der Waals surface area contributed by atoms with Crippen LogP contribution < -0.4 is 5.56 Å². The smallest absolute Gasteiger partial charge is 0.261 e. The van der Waals surface area contributed by atoms with Gasteiger partial charge >= 0.3 is 0 Å². The largest absolute Gasteiger partial charge is 0.312 e. The van der Waals surface area contributed by atoms with E-state index < -0.39 is 0 Å². The van der Waals surface area contributed by atoms with Gasteiger partial charge in [-0.2, -0.15) is 5.10 Å². The number of rotatable bonds is 3. The van der Waals surface area contributed by atoms with Crippen molar-refractivity contribution in [2.75, 3.05) is 0 Å². The van der Waals surface area contributed by atoms with Crippen molar-refractivity contribution < 1.29 is 0 Å². The predicted octanol–water partition coefficient (Wildman–Crippen LogP) is 5.02. The molecule has 1 aromatic carbocycles. The molecule has 148 valence electrons. The maximum absolute atomic E-state index is 13.3. The zero-order valence-electron chi connectivity index (χ0n) is 17.0. The van der Waals surface area contributed by atoms with E-state index in [0.29, 0.717) is 11.3 Å². The summed E-state index contributed by atoms with van der Waals surface area (Å²) in [6, 6.07) is 12.6. The quantitative estimate of drug-likeness (QED) is 0.496. The summed E-state index contributed by atoms with van der Waals surface area (Å²) >= 11 is 0. The zero-order valence-corrected chi connectivity index (χ0v) is 17.0. The molecule has 3 heterocycles. The van der Waals surface area contributed by atoms with Crippen molar-refractivity contribution in [3.05, 3.63) is 64.8 Å². The van der Waals surface area contributed by atoms with Crippen LogP contribution >= 0.6 is 0 Å². The lowest BCUT2D eigenvalue weighted by atomic mass is 9.85. The molecule has 5 nitrogen and oxygen atoms in total. The Hall–Kier alpha value is -2.95. The molecule has 1 aliphatic carbocycles. The molecule has 5 rings (SSSR count). The van der Waals surface area contributed by atoms with Gasteiger partial charge in [0.2, 0.25) is 0 Å². The van der Waals surface area contributed by atoms with Crippen molar-refractivity contribution in [1.29, 1.82) is 0 Å². The fraction of sp³-hybridized carbons (Fsp3) is 0.375. The SMILES string of the molecule is CCc1nn2c(ncc3c(=O)n([C@@H]4CCCC[C@H]4C)ccc32)c1-c1ccccc1. The number of hydrogen-bond acceptors (Lipinski definition) is 3. The number of pyridine rings is 1. The van der Waals surface area contributed by atoms with Gasteiger partial charge in [0, 0.05) is 24.0 Å². The molecular formula is C24H26N4O.